The summed E-state index contributed by atoms with van der Waals surface area (Å²) in [6.07, 6.45) is 2.17. The van der Waals surface area contributed by atoms with Gasteiger partial charge in [-0.1, -0.05) is 11.6 Å². The molecule has 0 radical (unpaired) electrons. The Balaban J connectivity index is 1.44. The maximum atomic E-state index is 12.3. The Morgan fingerprint density at radius 1 is 1.44 bits per heavy atom. The molecule has 3 aromatic rings. The first-order valence-corrected chi connectivity index (χ1v) is 8.89. The largest absolute Gasteiger partial charge is 0.492 e. The number of esters is 1. The number of carbonyl (C=O) groups is 1. The molecule has 1 aromatic carbocycles. The standard InChI is InChI=1S/C17H13ClN2O4S/c18-12-1-2-14-10(6-12)5-11(8-23-14)16(22)24-9-13-7-15(21)20-3-4-25-17(20)19-13/h1-4,6-7,11H,5,8-9H2/t11-/m1/s1. The number of hydrogen-bond acceptors (Lipinski definition) is 6. The highest BCUT2D eigenvalue weighted by Gasteiger charge is 2.27. The second kappa shape index (κ2) is 6.50. The SMILES string of the molecule is O=C(OCc1cc(=O)n2ccsc2n1)[C@H]1COc2ccc(Cl)cc2C1. The van der Waals surface area contributed by atoms with E-state index in [4.69, 9.17) is 21.1 Å². The number of fused-ring (bicyclic) bond motifs is 2. The van der Waals surface area contributed by atoms with E-state index in [1.807, 2.05) is 0 Å². The van der Waals surface area contributed by atoms with Gasteiger partial charge in [-0.25, -0.2) is 4.98 Å². The van der Waals surface area contributed by atoms with E-state index in [0.29, 0.717) is 22.1 Å². The van der Waals surface area contributed by atoms with Crippen molar-refractivity contribution in [3.63, 3.8) is 0 Å². The summed E-state index contributed by atoms with van der Waals surface area (Å²) >= 11 is 7.34. The van der Waals surface area contributed by atoms with Gasteiger partial charge < -0.3 is 9.47 Å². The van der Waals surface area contributed by atoms with E-state index in [-0.39, 0.29) is 24.7 Å². The normalized spacial score (nSPS) is 16.3. The molecule has 4 rings (SSSR count). The highest BCUT2D eigenvalue weighted by Crippen LogP contribution is 2.30. The van der Waals surface area contributed by atoms with Crippen LogP contribution in [0.15, 0.2) is 40.6 Å². The molecule has 0 bridgehead atoms. The summed E-state index contributed by atoms with van der Waals surface area (Å²) in [5, 5.41) is 2.38. The van der Waals surface area contributed by atoms with Gasteiger partial charge in [0.1, 0.15) is 19.0 Å². The van der Waals surface area contributed by atoms with Crippen LogP contribution in [0.4, 0.5) is 0 Å². The minimum Gasteiger partial charge on any atom is -0.492 e. The van der Waals surface area contributed by atoms with Crippen LogP contribution in [0.3, 0.4) is 0 Å². The van der Waals surface area contributed by atoms with Crippen LogP contribution < -0.4 is 10.3 Å². The third-order valence-corrected chi connectivity index (χ3v) is 4.97. The molecule has 0 spiro atoms. The maximum absolute atomic E-state index is 12.3. The molecular formula is C17H13ClN2O4S. The van der Waals surface area contributed by atoms with E-state index in [0.717, 1.165) is 11.3 Å². The van der Waals surface area contributed by atoms with Gasteiger partial charge in [-0.3, -0.25) is 14.0 Å². The first kappa shape index (κ1) is 16.1. The lowest BCUT2D eigenvalue weighted by atomic mass is 9.97. The monoisotopic (exact) mass is 376 g/mol. The number of carbonyl (C=O) groups excluding carboxylic acids is 1. The van der Waals surface area contributed by atoms with Crippen LogP contribution >= 0.6 is 22.9 Å². The molecule has 128 valence electrons. The Kier molecular flexibility index (Phi) is 4.19. The van der Waals surface area contributed by atoms with Gasteiger partial charge in [-0.05, 0) is 30.2 Å². The number of benzene rings is 1. The van der Waals surface area contributed by atoms with Gasteiger partial charge >= 0.3 is 5.97 Å². The molecule has 3 heterocycles. The lowest BCUT2D eigenvalue weighted by Crippen LogP contribution is -2.30. The van der Waals surface area contributed by atoms with Crippen molar-refractivity contribution in [3.05, 3.63) is 62.5 Å². The van der Waals surface area contributed by atoms with E-state index in [9.17, 15) is 9.59 Å². The van der Waals surface area contributed by atoms with Crippen molar-refractivity contribution in [2.45, 2.75) is 13.0 Å². The molecule has 8 heteroatoms. The molecule has 0 unspecified atom stereocenters. The minimum absolute atomic E-state index is 0.0403. The van der Waals surface area contributed by atoms with Crippen LogP contribution in [0.25, 0.3) is 4.96 Å². The number of hydrogen-bond donors (Lipinski definition) is 0. The number of halogens is 1. The van der Waals surface area contributed by atoms with Gasteiger partial charge in [-0.15, -0.1) is 11.3 Å². The molecule has 0 N–H and O–H groups in total. The molecule has 0 amide bonds. The Morgan fingerprint density at radius 3 is 3.20 bits per heavy atom. The quantitative estimate of drug-likeness (QED) is 0.657. The van der Waals surface area contributed by atoms with Gasteiger partial charge in [0.2, 0.25) is 0 Å². The van der Waals surface area contributed by atoms with Crippen molar-refractivity contribution in [1.82, 2.24) is 9.38 Å². The number of aromatic nitrogens is 2. The number of nitrogens with zero attached hydrogens (tertiary/aromatic N) is 2. The zero-order valence-corrected chi connectivity index (χ0v) is 14.5. The zero-order valence-electron chi connectivity index (χ0n) is 13.0. The summed E-state index contributed by atoms with van der Waals surface area (Å²) in [4.78, 5) is 29.1. The molecular weight excluding hydrogens is 364 g/mol. The fraction of sp³-hybridized carbons (Fsp3) is 0.235. The van der Waals surface area contributed by atoms with Crippen molar-refractivity contribution >= 4 is 33.9 Å². The molecule has 0 fully saturated rings. The minimum atomic E-state index is -0.405. The van der Waals surface area contributed by atoms with Crippen molar-refractivity contribution in [2.24, 2.45) is 5.92 Å². The summed E-state index contributed by atoms with van der Waals surface area (Å²) in [5.74, 6) is -0.0392. The molecule has 1 atom stereocenters. The van der Waals surface area contributed by atoms with Crippen LogP contribution in [-0.2, 0) is 22.6 Å². The number of ether oxygens (including phenoxy) is 2. The predicted molar refractivity (Wildman–Crippen MR) is 93.3 cm³/mol. The van der Waals surface area contributed by atoms with Gasteiger partial charge in [0.15, 0.2) is 4.96 Å². The van der Waals surface area contributed by atoms with Crippen LogP contribution in [0.1, 0.15) is 11.3 Å². The predicted octanol–water partition coefficient (Wildman–Crippen LogP) is 2.70. The van der Waals surface area contributed by atoms with Crippen LogP contribution in [0.2, 0.25) is 5.02 Å². The number of thiazole rings is 1. The van der Waals surface area contributed by atoms with Gasteiger partial charge in [-0.2, -0.15) is 0 Å². The maximum Gasteiger partial charge on any atom is 0.313 e. The fourth-order valence-corrected chi connectivity index (χ4v) is 3.67. The molecule has 0 saturated carbocycles. The highest BCUT2D eigenvalue weighted by atomic mass is 35.5. The average Bonchev–Trinajstić information content (AvgIpc) is 3.08. The molecule has 2 aromatic heterocycles. The molecule has 1 aliphatic rings. The van der Waals surface area contributed by atoms with Crippen LogP contribution in [-0.4, -0.2) is 22.0 Å². The zero-order chi connectivity index (χ0) is 17.4. The van der Waals surface area contributed by atoms with Crippen molar-refractivity contribution in [1.29, 1.82) is 0 Å². The Labute approximate surface area is 151 Å². The van der Waals surface area contributed by atoms with E-state index in [2.05, 4.69) is 4.98 Å². The summed E-state index contributed by atoms with van der Waals surface area (Å²) in [5.41, 5.74) is 1.12. The lowest BCUT2D eigenvalue weighted by molar-refractivity contribution is -0.151. The number of rotatable bonds is 3. The second-order valence-corrected chi connectivity index (χ2v) is 7.02. The van der Waals surface area contributed by atoms with Crippen LogP contribution in [0, 0.1) is 5.92 Å². The lowest BCUT2D eigenvalue weighted by Gasteiger charge is -2.24. The third-order valence-electron chi connectivity index (χ3n) is 3.98. The summed E-state index contributed by atoms with van der Waals surface area (Å²) < 4.78 is 12.4. The molecule has 25 heavy (non-hydrogen) atoms. The summed E-state index contributed by atoms with van der Waals surface area (Å²) in [7, 11) is 0. The van der Waals surface area contributed by atoms with E-state index in [1.165, 1.54) is 21.8 Å². The molecule has 0 saturated heterocycles. The van der Waals surface area contributed by atoms with Gasteiger partial charge in [0, 0.05) is 22.7 Å². The highest BCUT2D eigenvalue weighted by molar-refractivity contribution is 7.15. The molecule has 0 aliphatic carbocycles. The topological polar surface area (TPSA) is 69.9 Å². The van der Waals surface area contributed by atoms with E-state index >= 15 is 0 Å². The Bertz CT molecular complexity index is 1010. The van der Waals surface area contributed by atoms with Crippen molar-refractivity contribution in [3.8, 4) is 5.75 Å². The summed E-state index contributed by atoms with van der Waals surface area (Å²) in [6.45, 7) is 0.217. The van der Waals surface area contributed by atoms with Gasteiger partial charge in [0.05, 0.1) is 11.6 Å². The third kappa shape index (κ3) is 3.25. The Hall–Kier alpha value is -2.38. The van der Waals surface area contributed by atoms with E-state index < -0.39 is 5.92 Å². The first-order valence-electron chi connectivity index (χ1n) is 7.64. The van der Waals surface area contributed by atoms with Crippen LogP contribution in [0.5, 0.6) is 5.75 Å². The molecule has 1 aliphatic heterocycles. The average molecular weight is 377 g/mol. The summed E-state index contributed by atoms with van der Waals surface area (Å²) in [6, 6.07) is 6.72. The van der Waals surface area contributed by atoms with E-state index in [1.54, 1.807) is 29.8 Å². The van der Waals surface area contributed by atoms with Gasteiger partial charge in [0.25, 0.3) is 5.56 Å². The second-order valence-electron chi connectivity index (χ2n) is 5.71. The smallest absolute Gasteiger partial charge is 0.313 e. The van der Waals surface area contributed by atoms with Crippen molar-refractivity contribution < 1.29 is 14.3 Å². The molecule has 6 nitrogen and oxygen atoms in total. The fourth-order valence-electron chi connectivity index (χ4n) is 2.74. The first-order chi connectivity index (χ1) is 12.1. The van der Waals surface area contributed by atoms with Crippen molar-refractivity contribution in [2.75, 3.05) is 6.61 Å². The Morgan fingerprint density at radius 2 is 2.32 bits per heavy atom.